The number of carbonyl (C=O) groups is 1. The Morgan fingerprint density at radius 2 is 1.81 bits per heavy atom. The van der Waals surface area contributed by atoms with Crippen molar-refractivity contribution in [3.8, 4) is 16.9 Å². The molecule has 3 aromatic rings. The normalized spacial score (nSPS) is 11.7. The van der Waals surface area contributed by atoms with Crippen LogP contribution in [-0.4, -0.2) is 35.3 Å². The predicted octanol–water partition coefficient (Wildman–Crippen LogP) is 2.92. The Bertz CT molecular complexity index is 1070. The fourth-order valence-electron chi connectivity index (χ4n) is 2.60. The molecule has 2 N–H and O–H groups in total. The van der Waals surface area contributed by atoms with Crippen LogP contribution in [0.25, 0.3) is 16.9 Å². The third kappa shape index (κ3) is 4.24. The summed E-state index contributed by atoms with van der Waals surface area (Å²) in [6.07, 6.45) is 1.66. The molecular formula is C19H19N3O4S. The topological polar surface area (TPSA) is 101 Å². The number of hydrogen-bond acceptors (Lipinski definition) is 4. The third-order valence-corrected chi connectivity index (χ3v) is 5.40. The first-order valence-electron chi connectivity index (χ1n) is 8.28. The van der Waals surface area contributed by atoms with E-state index in [4.69, 9.17) is 0 Å². The lowest BCUT2D eigenvalue weighted by Gasteiger charge is -2.12. The van der Waals surface area contributed by atoms with E-state index in [9.17, 15) is 18.3 Å². The molecule has 2 aromatic carbocycles. The molecule has 0 bridgehead atoms. The number of hydrogen-bond donors (Lipinski definition) is 2. The van der Waals surface area contributed by atoms with Crippen molar-refractivity contribution in [1.82, 2.24) is 14.5 Å². The maximum Gasteiger partial charge on any atom is 0.335 e. The van der Waals surface area contributed by atoms with Crippen LogP contribution in [0.15, 0.2) is 65.7 Å². The molecule has 7 nitrogen and oxygen atoms in total. The van der Waals surface area contributed by atoms with Gasteiger partial charge in [0.05, 0.1) is 21.8 Å². The van der Waals surface area contributed by atoms with E-state index >= 15 is 0 Å². The van der Waals surface area contributed by atoms with Gasteiger partial charge in [0.2, 0.25) is 10.0 Å². The van der Waals surface area contributed by atoms with Crippen LogP contribution < -0.4 is 4.72 Å². The molecule has 1 aromatic heterocycles. The van der Waals surface area contributed by atoms with Crippen molar-refractivity contribution in [2.24, 2.45) is 0 Å². The van der Waals surface area contributed by atoms with Gasteiger partial charge in [0.1, 0.15) is 0 Å². The summed E-state index contributed by atoms with van der Waals surface area (Å²) >= 11 is 0. The summed E-state index contributed by atoms with van der Waals surface area (Å²) in [6.45, 7) is 3.39. The van der Waals surface area contributed by atoms with Crippen LogP contribution in [0.4, 0.5) is 0 Å². The Hall–Kier alpha value is -2.97. The van der Waals surface area contributed by atoms with Crippen molar-refractivity contribution in [2.75, 3.05) is 0 Å². The Morgan fingerprint density at radius 3 is 2.44 bits per heavy atom. The number of sulfonamides is 1. The van der Waals surface area contributed by atoms with Crippen molar-refractivity contribution in [3.05, 3.63) is 66.4 Å². The van der Waals surface area contributed by atoms with E-state index in [0.717, 1.165) is 11.6 Å². The lowest BCUT2D eigenvalue weighted by Crippen LogP contribution is -2.30. The molecule has 27 heavy (non-hydrogen) atoms. The first kappa shape index (κ1) is 18.8. The molecule has 0 aliphatic heterocycles. The van der Waals surface area contributed by atoms with Crippen LogP contribution in [0.5, 0.6) is 0 Å². The molecule has 0 saturated carbocycles. The van der Waals surface area contributed by atoms with Crippen LogP contribution in [0.3, 0.4) is 0 Å². The summed E-state index contributed by atoms with van der Waals surface area (Å²) in [5, 5.41) is 13.8. The zero-order valence-corrected chi connectivity index (χ0v) is 15.6. The quantitative estimate of drug-likeness (QED) is 0.679. The molecule has 0 fully saturated rings. The highest BCUT2D eigenvalue weighted by molar-refractivity contribution is 7.89. The largest absolute Gasteiger partial charge is 0.478 e. The van der Waals surface area contributed by atoms with Crippen molar-refractivity contribution in [3.63, 3.8) is 0 Å². The monoisotopic (exact) mass is 385 g/mol. The number of rotatable bonds is 6. The molecule has 0 atom stereocenters. The second-order valence-corrected chi connectivity index (χ2v) is 8.02. The van der Waals surface area contributed by atoms with Gasteiger partial charge >= 0.3 is 5.97 Å². The van der Waals surface area contributed by atoms with Crippen molar-refractivity contribution < 1.29 is 18.3 Å². The fourth-order valence-corrected chi connectivity index (χ4v) is 3.92. The van der Waals surface area contributed by atoms with E-state index in [0.29, 0.717) is 11.4 Å². The number of benzene rings is 2. The molecule has 0 amide bonds. The van der Waals surface area contributed by atoms with Gasteiger partial charge in [-0.1, -0.05) is 30.3 Å². The van der Waals surface area contributed by atoms with Crippen molar-refractivity contribution >= 4 is 16.0 Å². The van der Waals surface area contributed by atoms with Gasteiger partial charge in [-0.15, -0.1) is 0 Å². The van der Waals surface area contributed by atoms with Gasteiger partial charge in [-0.3, -0.25) is 0 Å². The summed E-state index contributed by atoms with van der Waals surface area (Å²) in [5.74, 6) is -1.21. The van der Waals surface area contributed by atoms with Gasteiger partial charge in [0, 0.05) is 17.8 Å². The van der Waals surface area contributed by atoms with Gasteiger partial charge in [-0.2, -0.15) is 5.10 Å². The second-order valence-electron chi connectivity index (χ2n) is 6.31. The van der Waals surface area contributed by atoms with E-state index in [-0.39, 0.29) is 16.5 Å². The molecule has 8 heteroatoms. The van der Waals surface area contributed by atoms with E-state index in [1.54, 1.807) is 26.1 Å². The highest BCUT2D eigenvalue weighted by Gasteiger charge is 2.20. The minimum Gasteiger partial charge on any atom is -0.478 e. The summed E-state index contributed by atoms with van der Waals surface area (Å²) in [5.41, 5.74) is 1.82. The van der Waals surface area contributed by atoms with Gasteiger partial charge in [0.25, 0.3) is 0 Å². The first-order chi connectivity index (χ1) is 12.8. The number of carboxylic acids is 1. The average Bonchev–Trinajstić information content (AvgIpc) is 3.11. The molecular weight excluding hydrogens is 366 g/mol. The Balaban J connectivity index is 2.08. The highest BCUT2D eigenvalue weighted by Crippen LogP contribution is 2.22. The molecule has 0 saturated heterocycles. The maximum atomic E-state index is 12.5. The highest BCUT2D eigenvalue weighted by atomic mass is 32.2. The second kappa shape index (κ2) is 7.34. The minimum atomic E-state index is -3.85. The van der Waals surface area contributed by atoms with E-state index in [1.165, 1.54) is 16.8 Å². The molecule has 0 spiro atoms. The van der Waals surface area contributed by atoms with Gasteiger partial charge < -0.3 is 5.11 Å². The summed E-state index contributed by atoms with van der Waals surface area (Å²) in [6, 6.07) is 14.9. The van der Waals surface area contributed by atoms with Crippen LogP contribution >= 0.6 is 0 Å². The lowest BCUT2D eigenvalue weighted by molar-refractivity contribution is 0.0696. The summed E-state index contributed by atoms with van der Waals surface area (Å²) < 4.78 is 28.9. The number of nitrogens with one attached hydrogen (secondary N) is 1. The average molecular weight is 385 g/mol. The smallest absolute Gasteiger partial charge is 0.335 e. The minimum absolute atomic E-state index is 0.122. The molecule has 0 aliphatic carbocycles. The summed E-state index contributed by atoms with van der Waals surface area (Å²) in [4.78, 5) is 11.3. The number of aromatic carboxylic acids is 1. The Labute approximate surface area is 157 Å². The van der Waals surface area contributed by atoms with Gasteiger partial charge in [0.15, 0.2) is 0 Å². The number of carboxylic acid groups (broad SMARTS) is 1. The molecule has 0 unspecified atom stereocenters. The molecule has 0 aliphatic rings. The molecule has 140 valence electrons. The van der Waals surface area contributed by atoms with Crippen molar-refractivity contribution in [2.45, 2.75) is 24.8 Å². The molecule has 0 radical (unpaired) electrons. The molecule has 1 heterocycles. The first-order valence-corrected chi connectivity index (χ1v) is 9.77. The Morgan fingerprint density at radius 1 is 1.11 bits per heavy atom. The van der Waals surface area contributed by atoms with Crippen LogP contribution in [0.2, 0.25) is 0 Å². The number of aromatic nitrogens is 2. The predicted molar refractivity (Wildman–Crippen MR) is 101 cm³/mol. The van der Waals surface area contributed by atoms with Gasteiger partial charge in [-0.25, -0.2) is 22.6 Å². The van der Waals surface area contributed by atoms with E-state index in [2.05, 4.69) is 9.82 Å². The Kier molecular flexibility index (Phi) is 5.11. The molecule has 3 rings (SSSR count). The van der Waals surface area contributed by atoms with Crippen LogP contribution in [0, 0.1) is 0 Å². The zero-order chi connectivity index (χ0) is 19.6. The zero-order valence-electron chi connectivity index (χ0n) is 14.8. The standard InChI is InChI=1S/C19H19N3O4S/c1-13(2)21-27(25,26)17-11-15(19(23)24)10-16(12-17)22-9-8-18(20-22)14-6-4-3-5-7-14/h3-13,21H,1-2H3,(H,23,24). The lowest BCUT2D eigenvalue weighted by atomic mass is 10.2. The summed E-state index contributed by atoms with van der Waals surface area (Å²) in [7, 11) is -3.85. The van der Waals surface area contributed by atoms with Crippen LogP contribution in [0.1, 0.15) is 24.2 Å². The fraction of sp³-hybridized carbons (Fsp3) is 0.158. The number of nitrogens with zero attached hydrogens (tertiary/aromatic N) is 2. The van der Waals surface area contributed by atoms with Crippen LogP contribution in [-0.2, 0) is 10.0 Å². The maximum absolute atomic E-state index is 12.5. The van der Waals surface area contributed by atoms with Gasteiger partial charge in [-0.05, 0) is 38.1 Å². The SMILES string of the molecule is CC(C)NS(=O)(=O)c1cc(C(=O)O)cc(-n2ccc(-c3ccccc3)n2)c1. The van der Waals surface area contributed by atoms with Crippen molar-refractivity contribution in [1.29, 1.82) is 0 Å². The third-order valence-electron chi connectivity index (χ3n) is 3.76. The van der Waals surface area contributed by atoms with E-state index < -0.39 is 16.0 Å². The van der Waals surface area contributed by atoms with E-state index in [1.807, 2.05) is 30.3 Å².